The molecule has 0 fully saturated rings. The van der Waals surface area contributed by atoms with Crippen LogP contribution in [0.3, 0.4) is 0 Å². The van der Waals surface area contributed by atoms with Gasteiger partial charge < -0.3 is 15.1 Å². The summed E-state index contributed by atoms with van der Waals surface area (Å²) in [6.07, 6.45) is -1.46. The topological polar surface area (TPSA) is 114 Å². The van der Waals surface area contributed by atoms with Gasteiger partial charge in [0, 0.05) is 0 Å². The third kappa shape index (κ3) is 4.78. The standard InChI is InChI=1S/C13H13Cl2FN3O5P/c1-6-3-4-9(8(14)5-6)17-13(20)11-10(16)12(15)18-19(11)7(2)24-25(21,22)23/h3-5,7H,1-2H3,(H,17,20)(H2,21,22,23). The highest BCUT2D eigenvalue weighted by molar-refractivity contribution is 7.46. The first-order chi connectivity index (χ1) is 11.5. The van der Waals surface area contributed by atoms with Gasteiger partial charge in [-0.25, -0.2) is 13.6 Å². The van der Waals surface area contributed by atoms with Crippen molar-refractivity contribution in [3.05, 3.63) is 45.4 Å². The van der Waals surface area contributed by atoms with Crippen LogP contribution in [0.25, 0.3) is 0 Å². The molecule has 0 radical (unpaired) electrons. The zero-order valence-corrected chi connectivity index (χ0v) is 15.3. The first kappa shape index (κ1) is 19.8. The highest BCUT2D eigenvalue weighted by Gasteiger charge is 2.29. The molecule has 0 aliphatic carbocycles. The zero-order chi connectivity index (χ0) is 18.9. The number of anilines is 1. The average molecular weight is 412 g/mol. The summed E-state index contributed by atoms with van der Waals surface area (Å²) in [5.74, 6) is -2.13. The fraction of sp³-hybridized carbons (Fsp3) is 0.231. The number of benzene rings is 1. The lowest BCUT2D eigenvalue weighted by molar-refractivity contribution is 0.0798. The summed E-state index contributed by atoms with van der Waals surface area (Å²) in [5, 5.41) is 5.50. The molecule has 0 aliphatic rings. The van der Waals surface area contributed by atoms with Gasteiger partial charge in [0.2, 0.25) is 0 Å². The summed E-state index contributed by atoms with van der Waals surface area (Å²) >= 11 is 11.6. The van der Waals surface area contributed by atoms with E-state index in [-0.39, 0.29) is 10.7 Å². The maximum atomic E-state index is 14.2. The molecule has 1 amide bonds. The molecule has 8 nitrogen and oxygen atoms in total. The Balaban J connectivity index is 2.37. The second kappa shape index (κ2) is 7.41. The molecule has 25 heavy (non-hydrogen) atoms. The fourth-order valence-electron chi connectivity index (χ4n) is 2.00. The Kier molecular flexibility index (Phi) is 5.88. The molecule has 0 bridgehead atoms. The first-order valence-electron chi connectivity index (χ1n) is 6.74. The lowest BCUT2D eigenvalue weighted by Gasteiger charge is -2.16. The van der Waals surface area contributed by atoms with Crippen LogP contribution in [-0.4, -0.2) is 25.5 Å². The number of phosphoric acid groups is 1. The van der Waals surface area contributed by atoms with Crippen molar-refractivity contribution in [3.63, 3.8) is 0 Å². The van der Waals surface area contributed by atoms with E-state index in [0.29, 0.717) is 4.68 Å². The van der Waals surface area contributed by atoms with Crippen molar-refractivity contribution in [2.24, 2.45) is 0 Å². The highest BCUT2D eigenvalue weighted by Crippen LogP contribution is 2.41. The number of aryl methyl sites for hydroxylation is 1. The van der Waals surface area contributed by atoms with Gasteiger partial charge in [-0.3, -0.25) is 9.32 Å². The predicted octanol–water partition coefficient (Wildman–Crippen LogP) is 3.52. The molecule has 136 valence electrons. The highest BCUT2D eigenvalue weighted by atomic mass is 35.5. The molecule has 1 atom stereocenters. The van der Waals surface area contributed by atoms with Crippen molar-refractivity contribution in [2.75, 3.05) is 5.32 Å². The van der Waals surface area contributed by atoms with E-state index < -0.39 is 36.6 Å². The van der Waals surface area contributed by atoms with Crippen LogP contribution in [0, 0.1) is 12.7 Å². The Morgan fingerprint density at radius 2 is 2.08 bits per heavy atom. The number of nitrogens with one attached hydrogen (secondary N) is 1. The van der Waals surface area contributed by atoms with E-state index >= 15 is 0 Å². The van der Waals surface area contributed by atoms with Crippen LogP contribution in [0.1, 0.15) is 29.2 Å². The monoisotopic (exact) mass is 411 g/mol. The van der Waals surface area contributed by atoms with Crippen LogP contribution in [0.5, 0.6) is 0 Å². The molecule has 2 aromatic rings. The number of carbonyl (C=O) groups is 1. The minimum atomic E-state index is -4.90. The molecule has 0 saturated heterocycles. The molecule has 12 heteroatoms. The number of aromatic nitrogens is 2. The van der Waals surface area contributed by atoms with Gasteiger partial charge in [-0.15, -0.1) is 0 Å². The van der Waals surface area contributed by atoms with E-state index in [2.05, 4.69) is 14.9 Å². The van der Waals surface area contributed by atoms with E-state index in [1.807, 2.05) is 0 Å². The second-order valence-electron chi connectivity index (χ2n) is 5.03. The van der Waals surface area contributed by atoms with E-state index in [9.17, 15) is 13.8 Å². The number of rotatable bonds is 5. The van der Waals surface area contributed by atoms with Gasteiger partial charge in [-0.1, -0.05) is 29.3 Å². The van der Waals surface area contributed by atoms with Gasteiger partial charge in [-0.2, -0.15) is 5.10 Å². The number of hydrogen-bond donors (Lipinski definition) is 3. The van der Waals surface area contributed by atoms with Gasteiger partial charge in [0.15, 0.2) is 22.9 Å². The lowest BCUT2D eigenvalue weighted by atomic mass is 10.2. The van der Waals surface area contributed by atoms with Gasteiger partial charge >= 0.3 is 7.82 Å². The van der Waals surface area contributed by atoms with Gasteiger partial charge in [0.1, 0.15) is 0 Å². The number of halogens is 3. The summed E-state index contributed by atoms with van der Waals surface area (Å²) in [7, 11) is -4.90. The van der Waals surface area contributed by atoms with Crippen molar-refractivity contribution < 1.29 is 28.1 Å². The molecule has 0 saturated carbocycles. The third-order valence-electron chi connectivity index (χ3n) is 3.04. The largest absolute Gasteiger partial charge is 0.471 e. The Hall–Kier alpha value is -1.48. The number of amides is 1. The predicted molar refractivity (Wildman–Crippen MR) is 89.2 cm³/mol. The molecule has 1 aromatic heterocycles. The minimum Gasteiger partial charge on any atom is -0.319 e. The second-order valence-corrected chi connectivity index (χ2v) is 6.99. The van der Waals surface area contributed by atoms with Crippen molar-refractivity contribution in [3.8, 4) is 0 Å². The van der Waals surface area contributed by atoms with Crippen LogP contribution in [0.2, 0.25) is 10.2 Å². The molecular formula is C13H13Cl2FN3O5P. The van der Waals surface area contributed by atoms with Gasteiger partial charge in [-0.05, 0) is 31.5 Å². The average Bonchev–Trinajstić information content (AvgIpc) is 2.76. The van der Waals surface area contributed by atoms with Gasteiger partial charge in [0.05, 0.1) is 10.7 Å². The number of phosphoric ester groups is 1. The maximum Gasteiger partial charge on any atom is 0.471 e. The van der Waals surface area contributed by atoms with Crippen LogP contribution in [0.15, 0.2) is 18.2 Å². The van der Waals surface area contributed by atoms with Crippen LogP contribution in [0.4, 0.5) is 10.1 Å². The number of carbonyl (C=O) groups excluding carboxylic acids is 1. The Morgan fingerprint density at radius 3 is 2.64 bits per heavy atom. The Morgan fingerprint density at radius 1 is 1.44 bits per heavy atom. The molecule has 1 heterocycles. The Bertz CT molecular complexity index is 870. The van der Waals surface area contributed by atoms with Crippen LogP contribution < -0.4 is 5.32 Å². The maximum absolute atomic E-state index is 14.2. The summed E-state index contributed by atoms with van der Waals surface area (Å²) in [6, 6.07) is 4.80. The van der Waals surface area contributed by atoms with E-state index in [0.717, 1.165) is 12.5 Å². The van der Waals surface area contributed by atoms with E-state index in [1.165, 1.54) is 6.07 Å². The molecule has 1 unspecified atom stereocenters. The summed E-state index contributed by atoms with van der Waals surface area (Å²) < 4.78 is 30.2. The summed E-state index contributed by atoms with van der Waals surface area (Å²) in [6.45, 7) is 2.96. The smallest absolute Gasteiger partial charge is 0.319 e. The number of nitrogens with zero attached hydrogens (tertiary/aromatic N) is 2. The van der Waals surface area contributed by atoms with E-state index in [1.54, 1.807) is 19.1 Å². The van der Waals surface area contributed by atoms with Crippen molar-refractivity contribution >= 4 is 42.6 Å². The Labute approximate surface area is 151 Å². The van der Waals surface area contributed by atoms with Crippen LogP contribution >= 0.6 is 31.0 Å². The van der Waals surface area contributed by atoms with Crippen molar-refractivity contribution in [1.82, 2.24) is 9.78 Å². The minimum absolute atomic E-state index is 0.212. The van der Waals surface area contributed by atoms with Crippen LogP contribution in [-0.2, 0) is 9.09 Å². The van der Waals surface area contributed by atoms with Crippen molar-refractivity contribution in [1.29, 1.82) is 0 Å². The normalized spacial score (nSPS) is 12.9. The molecule has 1 aromatic carbocycles. The summed E-state index contributed by atoms with van der Waals surface area (Å²) in [5.41, 5.74) is 0.401. The SMILES string of the molecule is Cc1ccc(NC(=O)c2c(F)c(Cl)nn2C(C)OP(=O)(O)O)c(Cl)c1. The number of hydrogen-bond acceptors (Lipinski definition) is 4. The van der Waals surface area contributed by atoms with Gasteiger partial charge in [0.25, 0.3) is 5.91 Å². The van der Waals surface area contributed by atoms with Crippen molar-refractivity contribution in [2.45, 2.75) is 20.1 Å². The molecular weight excluding hydrogens is 399 g/mol. The fourth-order valence-corrected chi connectivity index (χ4v) is 2.94. The third-order valence-corrected chi connectivity index (χ3v) is 4.17. The molecule has 2 rings (SSSR count). The summed E-state index contributed by atoms with van der Waals surface area (Å²) in [4.78, 5) is 30.1. The molecule has 3 N–H and O–H groups in total. The quantitative estimate of drug-likeness (QED) is 0.648. The molecule has 0 aliphatic heterocycles. The lowest BCUT2D eigenvalue weighted by Crippen LogP contribution is -2.22. The molecule has 0 spiro atoms. The first-order valence-corrected chi connectivity index (χ1v) is 9.03. The van der Waals surface area contributed by atoms with E-state index in [4.69, 9.17) is 33.0 Å². The zero-order valence-electron chi connectivity index (χ0n) is 12.9.